The number of carbonyl (C=O) groups is 3. The van der Waals surface area contributed by atoms with Gasteiger partial charge in [-0.2, -0.15) is 9.82 Å². The number of amides is 2. The highest BCUT2D eigenvalue weighted by molar-refractivity contribution is 7.89. The summed E-state index contributed by atoms with van der Waals surface area (Å²) < 4.78 is 27.7. The number of nitrogens with zero attached hydrogens (tertiary/aromatic N) is 3. The number of piperidine rings is 1. The van der Waals surface area contributed by atoms with Crippen LogP contribution in [-0.2, 0) is 21.4 Å². The Hall–Kier alpha value is -2.51. The number of rotatable bonds is 12. The molecule has 0 spiro atoms. The topological polar surface area (TPSA) is 163 Å². The van der Waals surface area contributed by atoms with Crippen molar-refractivity contribution in [3.8, 4) is 0 Å². The van der Waals surface area contributed by atoms with Crippen molar-refractivity contribution >= 4 is 27.8 Å². The number of sulfonamides is 1. The Labute approximate surface area is 205 Å². The van der Waals surface area contributed by atoms with E-state index in [4.69, 9.17) is 0 Å². The molecule has 12 nitrogen and oxygen atoms in total. The quantitative estimate of drug-likeness (QED) is 0.305. The molecule has 3 heterocycles. The van der Waals surface area contributed by atoms with Gasteiger partial charge in [0.2, 0.25) is 10.0 Å². The molecule has 196 valence electrons. The lowest BCUT2D eigenvalue weighted by Crippen LogP contribution is -2.49. The number of nitrogens with one attached hydrogen (secondary N) is 3. The van der Waals surface area contributed by atoms with Crippen molar-refractivity contribution in [2.24, 2.45) is 5.92 Å². The SMILES string of the molecule is CCCCS(=O)(=O)NC(CNC(=O)c1cc2n(n1)CCCN(CCC1CCNCC1)C2=O)C(=O)O. The molecule has 0 radical (unpaired) electrons. The highest BCUT2D eigenvalue weighted by atomic mass is 32.2. The number of aromatic nitrogens is 2. The van der Waals surface area contributed by atoms with Gasteiger partial charge < -0.3 is 20.6 Å². The van der Waals surface area contributed by atoms with Crippen molar-refractivity contribution in [2.75, 3.05) is 38.5 Å². The Morgan fingerprint density at radius 3 is 2.71 bits per heavy atom. The third-order valence-electron chi connectivity index (χ3n) is 6.44. The van der Waals surface area contributed by atoms with E-state index in [1.54, 1.807) is 0 Å². The van der Waals surface area contributed by atoms with Crippen LogP contribution in [-0.4, -0.2) is 90.5 Å². The fourth-order valence-electron chi connectivity index (χ4n) is 4.34. The van der Waals surface area contributed by atoms with Crippen molar-refractivity contribution in [3.05, 3.63) is 17.5 Å². The zero-order chi connectivity index (χ0) is 25.4. The summed E-state index contributed by atoms with van der Waals surface area (Å²) in [6.45, 7) is 5.18. The van der Waals surface area contributed by atoms with E-state index in [1.807, 2.05) is 11.8 Å². The Bertz CT molecular complexity index is 1000. The molecule has 1 fully saturated rings. The van der Waals surface area contributed by atoms with Crippen molar-refractivity contribution in [1.29, 1.82) is 0 Å². The lowest BCUT2D eigenvalue weighted by molar-refractivity contribution is -0.138. The number of carbonyl (C=O) groups excluding carboxylic acids is 2. The minimum Gasteiger partial charge on any atom is -0.480 e. The number of fused-ring (bicyclic) bond motifs is 1. The number of carboxylic acid groups (broad SMARTS) is 1. The summed E-state index contributed by atoms with van der Waals surface area (Å²) in [5.41, 5.74) is 0.319. The van der Waals surface area contributed by atoms with Crippen LogP contribution >= 0.6 is 0 Å². The van der Waals surface area contributed by atoms with Crippen molar-refractivity contribution in [2.45, 2.75) is 58.0 Å². The predicted molar refractivity (Wildman–Crippen MR) is 129 cm³/mol. The van der Waals surface area contributed by atoms with Crippen LogP contribution in [0.15, 0.2) is 6.07 Å². The fraction of sp³-hybridized carbons (Fsp3) is 0.727. The summed E-state index contributed by atoms with van der Waals surface area (Å²) in [4.78, 5) is 39.1. The van der Waals surface area contributed by atoms with Gasteiger partial charge in [0.1, 0.15) is 11.7 Å². The van der Waals surface area contributed by atoms with Crippen molar-refractivity contribution in [3.63, 3.8) is 0 Å². The van der Waals surface area contributed by atoms with E-state index < -0.39 is 34.5 Å². The Balaban J connectivity index is 1.60. The first kappa shape index (κ1) is 27.1. The van der Waals surface area contributed by atoms with Crippen LogP contribution in [0.4, 0.5) is 0 Å². The summed E-state index contributed by atoms with van der Waals surface area (Å²) in [5, 5.41) is 19.4. The second kappa shape index (κ2) is 12.5. The van der Waals surface area contributed by atoms with Gasteiger partial charge >= 0.3 is 5.97 Å². The number of hydrogen-bond acceptors (Lipinski definition) is 7. The van der Waals surface area contributed by atoms with E-state index in [0.717, 1.165) is 32.4 Å². The van der Waals surface area contributed by atoms with Crippen molar-refractivity contribution in [1.82, 2.24) is 30.0 Å². The number of hydrogen-bond donors (Lipinski definition) is 4. The molecule has 2 aliphatic heterocycles. The van der Waals surface area contributed by atoms with Gasteiger partial charge in [0.15, 0.2) is 5.69 Å². The summed E-state index contributed by atoms with van der Waals surface area (Å²) in [6, 6.07) is -0.0878. The Morgan fingerprint density at radius 1 is 1.29 bits per heavy atom. The van der Waals surface area contributed by atoms with Crippen LogP contribution < -0.4 is 15.4 Å². The van der Waals surface area contributed by atoms with E-state index in [2.05, 4.69) is 20.5 Å². The largest absolute Gasteiger partial charge is 0.480 e. The molecule has 13 heteroatoms. The molecule has 0 bridgehead atoms. The maximum Gasteiger partial charge on any atom is 0.323 e. The first-order valence-corrected chi connectivity index (χ1v) is 13.9. The van der Waals surface area contributed by atoms with Gasteiger partial charge in [-0.25, -0.2) is 8.42 Å². The van der Waals surface area contributed by atoms with Gasteiger partial charge in [-0.1, -0.05) is 13.3 Å². The standard InChI is InChI=1S/C22H36N6O6S/c1-2-3-13-35(33,34)26-18(22(31)32)15-24-20(29)17-14-19-21(30)27(10-4-11-28(19)25-17)12-7-16-5-8-23-9-6-16/h14,16,18,23,26H,2-13,15H2,1H3,(H,24,29)(H,31,32). The van der Waals surface area contributed by atoms with Crippen LogP contribution in [0.1, 0.15) is 66.4 Å². The molecule has 35 heavy (non-hydrogen) atoms. The zero-order valence-electron chi connectivity index (χ0n) is 20.2. The zero-order valence-corrected chi connectivity index (χ0v) is 21.0. The van der Waals surface area contributed by atoms with Crippen LogP contribution in [0.25, 0.3) is 0 Å². The summed E-state index contributed by atoms with van der Waals surface area (Å²) in [5.74, 6) is -1.83. The second-order valence-electron chi connectivity index (χ2n) is 9.16. The molecule has 1 unspecified atom stereocenters. The smallest absolute Gasteiger partial charge is 0.323 e. The average molecular weight is 513 g/mol. The number of unbranched alkanes of at least 4 members (excludes halogenated alkanes) is 1. The molecular formula is C22H36N6O6S. The molecular weight excluding hydrogens is 476 g/mol. The molecule has 2 amide bonds. The molecule has 1 saturated heterocycles. The predicted octanol–water partition coefficient (Wildman–Crippen LogP) is 0.0212. The first-order valence-electron chi connectivity index (χ1n) is 12.3. The molecule has 3 rings (SSSR count). The summed E-state index contributed by atoms with van der Waals surface area (Å²) in [6.07, 6.45) is 4.92. The molecule has 1 aromatic heterocycles. The van der Waals surface area contributed by atoms with Gasteiger partial charge in [-0.3, -0.25) is 19.1 Å². The van der Waals surface area contributed by atoms with Gasteiger partial charge in [-0.15, -0.1) is 0 Å². The monoisotopic (exact) mass is 512 g/mol. The van der Waals surface area contributed by atoms with Crippen LogP contribution in [0, 0.1) is 5.92 Å². The number of aliphatic carboxylic acids is 1. The van der Waals surface area contributed by atoms with Crippen LogP contribution in [0.3, 0.4) is 0 Å². The lowest BCUT2D eigenvalue weighted by atomic mass is 9.94. The maximum atomic E-state index is 13.1. The van der Waals surface area contributed by atoms with E-state index >= 15 is 0 Å². The second-order valence-corrected chi connectivity index (χ2v) is 11.0. The van der Waals surface area contributed by atoms with E-state index in [0.29, 0.717) is 50.5 Å². The Kier molecular flexibility index (Phi) is 9.63. The van der Waals surface area contributed by atoms with Crippen molar-refractivity contribution < 1.29 is 27.9 Å². The molecule has 0 saturated carbocycles. The maximum absolute atomic E-state index is 13.1. The lowest BCUT2D eigenvalue weighted by Gasteiger charge is -2.26. The highest BCUT2D eigenvalue weighted by Gasteiger charge is 2.28. The molecule has 4 N–H and O–H groups in total. The summed E-state index contributed by atoms with van der Waals surface area (Å²) in [7, 11) is -3.79. The van der Waals surface area contributed by atoms with Gasteiger partial charge in [0.05, 0.1) is 5.75 Å². The molecule has 2 aliphatic rings. The van der Waals surface area contributed by atoms with E-state index in [1.165, 1.54) is 10.7 Å². The minimum atomic E-state index is -3.79. The van der Waals surface area contributed by atoms with Gasteiger partial charge in [-0.05, 0) is 51.1 Å². The Morgan fingerprint density at radius 2 is 2.03 bits per heavy atom. The van der Waals surface area contributed by atoms with E-state index in [-0.39, 0.29) is 17.4 Å². The summed E-state index contributed by atoms with van der Waals surface area (Å²) >= 11 is 0. The minimum absolute atomic E-state index is 0.00784. The molecule has 1 aromatic rings. The van der Waals surface area contributed by atoms with E-state index in [9.17, 15) is 27.9 Å². The van der Waals surface area contributed by atoms with Gasteiger partial charge in [0, 0.05) is 32.2 Å². The molecule has 1 atom stereocenters. The fourth-order valence-corrected chi connectivity index (χ4v) is 5.75. The molecule has 0 aliphatic carbocycles. The molecule has 0 aromatic carbocycles. The van der Waals surface area contributed by atoms with Crippen LogP contribution in [0.5, 0.6) is 0 Å². The van der Waals surface area contributed by atoms with Crippen LogP contribution in [0.2, 0.25) is 0 Å². The normalized spacial score (nSPS) is 18.1. The first-order chi connectivity index (χ1) is 16.7. The third-order valence-corrected chi connectivity index (χ3v) is 7.91. The average Bonchev–Trinajstić information content (AvgIpc) is 3.20. The van der Waals surface area contributed by atoms with Gasteiger partial charge in [0.25, 0.3) is 11.8 Å². The third kappa shape index (κ3) is 7.74. The highest BCUT2D eigenvalue weighted by Crippen LogP contribution is 2.19. The number of aryl methyl sites for hydroxylation is 1. The number of carboxylic acids is 1.